The molecule has 0 aromatic heterocycles. The van der Waals surface area contributed by atoms with Gasteiger partial charge < -0.3 is 10.6 Å². The number of aryl methyl sites for hydroxylation is 1. The molecule has 1 saturated heterocycles. The Bertz CT molecular complexity index is 405. The van der Waals surface area contributed by atoms with Crippen molar-refractivity contribution in [2.24, 2.45) is 0 Å². The van der Waals surface area contributed by atoms with E-state index in [1.165, 1.54) is 0 Å². The third kappa shape index (κ3) is 3.69. The predicted molar refractivity (Wildman–Crippen MR) is 74.9 cm³/mol. The standard InChI is InChI=1S/C12H15BrN2O.ClH/c1-8-6-9(2-3-11(8)13)12(16)15-10-4-5-14-7-10;/h2-3,6,10,14H,4-5,7H2,1H3,(H,15,16);1H. The van der Waals surface area contributed by atoms with Gasteiger partial charge in [0.15, 0.2) is 0 Å². The Morgan fingerprint density at radius 1 is 1.53 bits per heavy atom. The molecule has 1 fully saturated rings. The molecule has 1 amide bonds. The molecule has 0 bridgehead atoms. The summed E-state index contributed by atoms with van der Waals surface area (Å²) in [5.74, 6) is 0.0179. The molecule has 1 aliphatic rings. The molecule has 3 nitrogen and oxygen atoms in total. The van der Waals surface area contributed by atoms with Gasteiger partial charge in [0.25, 0.3) is 5.91 Å². The molecule has 1 aliphatic heterocycles. The molecule has 5 heteroatoms. The summed E-state index contributed by atoms with van der Waals surface area (Å²) < 4.78 is 1.03. The van der Waals surface area contributed by atoms with Gasteiger partial charge in [0.05, 0.1) is 0 Å². The molecule has 1 aromatic rings. The summed E-state index contributed by atoms with van der Waals surface area (Å²) in [6.45, 7) is 3.85. The Morgan fingerprint density at radius 2 is 2.29 bits per heavy atom. The maximum atomic E-state index is 11.9. The second-order valence-corrected chi connectivity index (χ2v) is 4.98. The van der Waals surface area contributed by atoms with E-state index in [4.69, 9.17) is 0 Å². The van der Waals surface area contributed by atoms with E-state index in [1.807, 2.05) is 25.1 Å². The van der Waals surface area contributed by atoms with Crippen LogP contribution in [-0.4, -0.2) is 25.0 Å². The van der Waals surface area contributed by atoms with Gasteiger partial charge in [-0.05, 0) is 43.7 Å². The van der Waals surface area contributed by atoms with Crippen LogP contribution >= 0.6 is 28.3 Å². The molecular weight excluding hydrogens is 304 g/mol. The van der Waals surface area contributed by atoms with E-state index < -0.39 is 0 Å². The highest BCUT2D eigenvalue weighted by Gasteiger charge is 2.17. The van der Waals surface area contributed by atoms with Crippen LogP contribution in [-0.2, 0) is 0 Å². The molecule has 1 heterocycles. The highest BCUT2D eigenvalue weighted by atomic mass is 79.9. The van der Waals surface area contributed by atoms with Crippen LogP contribution in [0.1, 0.15) is 22.3 Å². The van der Waals surface area contributed by atoms with E-state index in [0.717, 1.165) is 35.1 Å². The summed E-state index contributed by atoms with van der Waals surface area (Å²) in [6, 6.07) is 5.93. The minimum absolute atomic E-state index is 0. The van der Waals surface area contributed by atoms with Gasteiger partial charge in [-0.2, -0.15) is 0 Å². The maximum absolute atomic E-state index is 11.9. The van der Waals surface area contributed by atoms with Crippen LogP contribution in [0.2, 0.25) is 0 Å². The smallest absolute Gasteiger partial charge is 0.251 e. The molecular formula is C12H16BrClN2O. The third-order valence-electron chi connectivity index (χ3n) is 2.82. The van der Waals surface area contributed by atoms with Gasteiger partial charge in [0.2, 0.25) is 0 Å². The third-order valence-corrected chi connectivity index (χ3v) is 3.71. The van der Waals surface area contributed by atoms with Gasteiger partial charge in [-0.15, -0.1) is 12.4 Å². The van der Waals surface area contributed by atoms with Crippen molar-refractivity contribution in [2.45, 2.75) is 19.4 Å². The Hall–Kier alpha value is -0.580. The number of carbonyl (C=O) groups is 1. The Kier molecular flexibility index (Phi) is 5.43. The number of amides is 1. The number of hydrogen-bond donors (Lipinski definition) is 2. The van der Waals surface area contributed by atoms with Crippen LogP contribution in [0, 0.1) is 6.92 Å². The van der Waals surface area contributed by atoms with Gasteiger partial charge in [-0.1, -0.05) is 15.9 Å². The second-order valence-electron chi connectivity index (χ2n) is 4.13. The number of nitrogens with one attached hydrogen (secondary N) is 2. The number of hydrogen-bond acceptors (Lipinski definition) is 2. The highest BCUT2D eigenvalue weighted by molar-refractivity contribution is 9.10. The highest BCUT2D eigenvalue weighted by Crippen LogP contribution is 2.17. The lowest BCUT2D eigenvalue weighted by molar-refractivity contribution is 0.0940. The van der Waals surface area contributed by atoms with Crippen molar-refractivity contribution in [3.8, 4) is 0 Å². The first-order valence-corrected chi connectivity index (χ1v) is 6.24. The fraction of sp³-hybridized carbons (Fsp3) is 0.417. The van der Waals surface area contributed by atoms with Crippen molar-refractivity contribution in [3.05, 3.63) is 33.8 Å². The zero-order valence-electron chi connectivity index (χ0n) is 9.63. The first-order chi connectivity index (χ1) is 7.66. The first-order valence-electron chi connectivity index (χ1n) is 5.44. The largest absolute Gasteiger partial charge is 0.348 e. The van der Waals surface area contributed by atoms with E-state index >= 15 is 0 Å². The molecule has 0 radical (unpaired) electrons. The lowest BCUT2D eigenvalue weighted by Crippen LogP contribution is -2.36. The number of carbonyl (C=O) groups excluding carboxylic acids is 1. The normalized spacial score (nSPS) is 18.6. The van der Waals surface area contributed by atoms with E-state index in [-0.39, 0.29) is 24.4 Å². The van der Waals surface area contributed by atoms with E-state index in [1.54, 1.807) is 0 Å². The van der Waals surface area contributed by atoms with Gasteiger partial charge in [-0.25, -0.2) is 0 Å². The predicted octanol–water partition coefficient (Wildman–Crippen LogP) is 2.27. The van der Waals surface area contributed by atoms with E-state index in [9.17, 15) is 4.79 Å². The van der Waals surface area contributed by atoms with Crippen molar-refractivity contribution < 1.29 is 4.79 Å². The Labute approximate surface area is 116 Å². The molecule has 1 unspecified atom stereocenters. The molecule has 1 atom stereocenters. The van der Waals surface area contributed by atoms with Gasteiger partial charge in [-0.3, -0.25) is 4.79 Å². The number of benzene rings is 1. The molecule has 2 rings (SSSR count). The lowest BCUT2D eigenvalue weighted by atomic mass is 10.1. The molecule has 1 aromatic carbocycles. The fourth-order valence-corrected chi connectivity index (χ4v) is 2.08. The number of halogens is 2. The summed E-state index contributed by atoms with van der Waals surface area (Å²) in [5.41, 5.74) is 1.81. The van der Waals surface area contributed by atoms with Gasteiger partial charge in [0, 0.05) is 22.6 Å². The first kappa shape index (κ1) is 14.5. The van der Waals surface area contributed by atoms with Crippen molar-refractivity contribution in [3.63, 3.8) is 0 Å². The SMILES string of the molecule is Cc1cc(C(=O)NC2CCNC2)ccc1Br.Cl. The van der Waals surface area contributed by atoms with Crippen molar-refractivity contribution >= 4 is 34.2 Å². The summed E-state index contributed by atoms with van der Waals surface area (Å²) in [4.78, 5) is 11.9. The molecule has 0 spiro atoms. The van der Waals surface area contributed by atoms with Gasteiger partial charge in [0.1, 0.15) is 0 Å². The summed E-state index contributed by atoms with van der Waals surface area (Å²) in [7, 11) is 0. The summed E-state index contributed by atoms with van der Waals surface area (Å²) >= 11 is 3.42. The van der Waals surface area contributed by atoms with Crippen molar-refractivity contribution in [1.82, 2.24) is 10.6 Å². The zero-order valence-corrected chi connectivity index (χ0v) is 12.0. The van der Waals surface area contributed by atoms with Crippen LogP contribution in [0.5, 0.6) is 0 Å². The molecule has 94 valence electrons. The average Bonchev–Trinajstić information content (AvgIpc) is 2.74. The van der Waals surface area contributed by atoms with Crippen molar-refractivity contribution in [2.75, 3.05) is 13.1 Å². The van der Waals surface area contributed by atoms with Crippen LogP contribution < -0.4 is 10.6 Å². The minimum atomic E-state index is 0. The maximum Gasteiger partial charge on any atom is 0.251 e. The van der Waals surface area contributed by atoms with Crippen LogP contribution in [0.15, 0.2) is 22.7 Å². The molecule has 2 N–H and O–H groups in total. The van der Waals surface area contributed by atoms with Crippen LogP contribution in [0.3, 0.4) is 0 Å². The summed E-state index contributed by atoms with van der Waals surface area (Å²) in [5, 5.41) is 6.25. The minimum Gasteiger partial charge on any atom is -0.348 e. The quantitative estimate of drug-likeness (QED) is 0.878. The Morgan fingerprint density at radius 3 is 2.88 bits per heavy atom. The zero-order chi connectivity index (χ0) is 11.5. The van der Waals surface area contributed by atoms with E-state index in [2.05, 4.69) is 26.6 Å². The fourth-order valence-electron chi connectivity index (χ4n) is 1.83. The molecule has 0 saturated carbocycles. The Balaban J connectivity index is 0.00000144. The second kappa shape index (κ2) is 6.38. The molecule has 17 heavy (non-hydrogen) atoms. The van der Waals surface area contributed by atoms with Crippen LogP contribution in [0.25, 0.3) is 0 Å². The lowest BCUT2D eigenvalue weighted by Gasteiger charge is -2.11. The monoisotopic (exact) mass is 318 g/mol. The summed E-state index contributed by atoms with van der Waals surface area (Å²) in [6.07, 6.45) is 1.02. The number of rotatable bonds is 2. The topological polar surface area (TPSA) is 41.1 Å². The molecule has 0 aliphatic carbocycles. The van der Waals surface area contributed by atoms with E-state index in [0.29, 0.717) is 0 Å². The average molecular weight is 320 g/mol. The van der Waals surface area contributed by atoms with Crippen LogP contribution in [0.4, 0.5) is 0 Å². The van der Waals surface area contributed by atoms with Crippen molar-refractivity contribution in [1.29, 1.82) is 0 Å². The van der Waals surface area contributed by atoms with Gasteiger partial charge >= 0.3 is 0 Å².